The first-order valence-corrected chi connectivity index (χ1v) is 11.0. The molecule has 1 aliphatic heterocycles. The lowest BCUT2D eigenvalue weighted by molar-refractivity contribution is -0.130. The highest BCUT2D eigenvalue weighted by Crippen LogP contribution is 2.38. The zero-order valence-corrected chi connectivity index (χ0v) is 20.5. The lowest BCUT2D eigenvalue weighted by Gasteiger charge is -2.34. The summed E-state index contributed by atoms with van der Waals surface area (Å²) >= 11 is 1.49. The van der Waals surface area contributed by atoms with Gasteiger partial charge >= 0.3 is 0 Å². The highest BCUT2D eigenvalue weighted by molar-refractivity contribution is 7.22. The van der Waals surface area contributed by atoms with Gasteiger partial charge in [0.2, 0.25) is 6.10 Å². The molecule has 0 spiro atoms. The SMILES string of the molecule is COc1ccc(C)c2sc(N(CCN(C)C)C(=O)C3Oc4ccccc4OC3C)nc12.Cl. The Labute approximate surface area is 198 Å². The Morgan fingerprint density at radius 2 is 1.81 bits per heavy atom. The molecule has 4 rings (SSSR count). The lowest BCUT2D eigenvalue weighted by atomic mass is 10.1. The van der Waals surface area contributed by atoms with E-state index >= 15 is 0 Å². The average Bonchev–Trinajstić information content (AvgIpc) is 3.19. The van der Waals surface area contributed by atoms with Crippen LogP contribution < -0.4 is 19.1 Å². The van der Waals surface area contributed by atoms with E-state index in [-0.39, 0.29) is 18.3 Å². The van der Waals surface area contributed by atoms with Crippen LogP contribution in [0.5, 0.6) is 17.2 Å². The van der Waals surface area contributed by atoms with Gasteiger partial charge in [-0.3, -0.25) is 9.69 Å². The number of fused-ring (bicyclic) bond motifs is 2. The van der Waals surface area contributed by atoms with Crippen molar-refractivity contribution >= 4 is 45.0 Å². The summed E-state index contributed by atoms with van der Waals surface area (Å²) < 4.78 is 18.6. The van der Waals surface area contributed by atoms with Crippen LogP contribution in [0.15, 0.2) is 36.4 Å². The number of aromatic nitrogens is 1. The van der Waals surface area contributed by atoms with Crippen molar-refractivity contribution < 1.29 is 19.0 Å². The van der Waals surface area contributed by atoms with Gasteiger partial charge in [0.05, 0.1) is 11.8 Å². The second-order valence-corrected chi connectivity index (χ2v) is 8.84. The number of carbonyl (C=O) groups is 1. The highest BCUT2D eigenvalue weighted by Gasteiger charge is 2.38. The first-order valence-electron chi connectivity index (χ1n) is 10.2. The van der Waals surface area contributed by atoms with Gasteiger partial charge in [-0.25, -0.2) is 4.98 Å². The summed E-state index contributed by atoms with van der Waals surface area (Å²) in [5.74, 6) is 1.76. The fourth-order valence-corrected chi connectivity index (χ4v) is 4.61. The minimum atomic E-state index is -0.757. The first-order chi connectivity index (χ1) is 14.9. The second-order valence-electron chi connectivity index (χ2n) is 7.86. The Kier molecular flexibility index (Phi) is 7.48. The molecule has 3 aromatic rings. The summed E-state index contributed by atoms with van der Waals surface area (Å²) in [6.45, 7) is 5.07. The molecule has 0 aliphatic carbocycles. The van der Waals surface area contributed by atoms with Crippen LogP contribution in [0.2, 0.25) is 0 Å². The zero-order valence-electron chi connectivity index (χ0n) is 18.8. The third-order valence-electron chi connectivity index (χ3n) is 5.27. The molecule has 7 nitrogen and oxygen atoms in total. The molecule has 1 aromatic heterocycles. The van der Waals surface area contributed by atoms with Crippen LogP contribution in [0.3, 0.4) is 0 Å². The van der Waals surface area contributed by atoms with Gasteiger partial charge in [-0.15, -0.1) is 12.4 Å². The van der Waals surface area contributed by atoms with Crippen molar-refractivity contribution in [3.8, 4) is 17.2 Å². The van der Waals surface area contributed by atoms with E-state index in [1.165, 1.54) is 11.3 Å². The minimum Gasteiger partial charge on any atom is -0.494 e. The van der Waals surface area contributed by atoms with Crippen LogP contribution in [0.25, 0.3) is 10.2 Å². The Bertz CT molecular complexity index is 1100. The number of ether oxygens (including phenoxy) is 3. The quantitative estimate of drug-likeness (QED) is 0.531. The first kappa shape index (κ1) is 24.1. The van der Waals surface area contributed by atoms with E-state index in [0.29, 0.717) is 35.5 Å². The molecule has 0 bridgehead atoms. The fourth-order valence-electron chi connectivity index (χ4n) is 3.52. The molecule has 0 saturated heterocycles. The number of hydrogen-bond acceptors (Lipinski definition) is 7. The van der Waals surface area contributed by atoms with Gasteiger partial charge in [-0.05, 0) is 51.7 Å². The molecule has 1 aliphatic rings. The van der Waals surface area contributed by atoms with E-state index in [1.54, 1.807) is 12.0 Å². The molecule has 2 unspecified atom stereocenters. The van der Waals surface area contributed by atoms with Crippen LogP contribution >= 0.6 is 23.7 Å². The van der Waals surface area contributed by atoms with E-state index < -0.39 is 12.2 Å². The van der Waals surface area contributed by atoms with Crippen molar-refractivity contribution in [3.05, 3.63) is 42.0 Å². The molecule has 32 heavy (non-hydrogen) atoms. The van der Waals surface area contributed by atoms with Crippen LogP contribution in [0.1, 0.15) is 12.5 Å². The molecule has 0 fully saturated rings. The van der Waals surface area contributed by atoms with Gasteiger partial charge in [0.15, 0.2) is 16.6 Å². The van der Waals surface area contributed by atoms with E-state index in [2.05, 4.69) is 0 Å². The van der Waals surface area contributed by atoms with Gasteiger partial charge in [-0.2, -0.15) is 0 Å². The zero-order chi connectivity index (χ0) is 22.1. The van der Waals surface area contributed by atoms with Crippen molar-refractivity contribution in [3.63, 3.8) is 0 Å². The highest BCUT2D eigenvalue weighted by atomic mass is 35.5. The van der Waals surface area contributed by atoms with Crippen LogP contribution in [0, 0.1) is 6.92 Å². The number of nitrogens with zero attached hydrogens (tertiary/aromatic N) is 3. The predicted octanol–water partition coefficient (Wildman–Crippen LogP) is 4.16. The van der Waals surface area contributed by atoms with E-state index in [9.17, 15) is 4.79 Å². The maximum absolute atomic E-state index is 13.7. The predicted molar refractivity (Wildman–Crippen MR) is 130 cm³/mol. The molecule has 2 atom stereocenters. The van der Waals surface area contributed by atoms with Gasteiger partial charge in [0.25, 0.3) is 5.91 Å². The Hall–Kier alpha value is -2.55. The number of rotatable bonds is 6. The molecule has 0 saturated carbocycles. The smallest absolute Gasteiger partial charge is 0.273 e. The van der Waals surface area contributed by atoms with Gasteiger partial charge in [0.1, 0.15) is 17.4 Å². The molecule has 172 valence electrons. The number of carbonyl (C=O) groups excluding carboxylic acids is 1. The molecular weight excluding hydrogens is 450 g/mol. The number of hydrogen-bond donors (Lipinski definition) is 0. The summed E-state index contributed by atoms with van der Waals surface area (Å²) in [5, 5.41) is 0.629. The third-order valence-corrected chi connectivity index (χ3v) is 6.48. The van der Waals surface area contributed by atoms with Crippen LogP contribution in [-0.4, -0.2) is 62.3 Å². The molecule has 0 radical (unpaired) electrons. The van der Waals surface area contributed by atoms with Gasteiger partial charge in [-0.1, -0.05) is 29.5 Å². The number of thiazole rings is 1. The van der Waals surface area contributed by atoms with Crippen molar-refractivity contribution in [2.45, 2.75) is 26.1 Å². The van der Waals surface area contributed by atoms with E-state index in [1.807, 2.05) is 69.2 Å². The summed E-state index contributed by atoms with van der Waals surface area (Å²) in [6.07, 6.45) is -1.18. The van der Waals surface area contributed by atoms with Gasteiger partial charge in [0, 0.05) is 13.1 Å². The second kappa shape index (κ2) is 9.94. The van der Waals surface area contributed by atoms with Gasteiger partial charge < -0.3 is 19.1 Å². The van der Waals surface area contributed by atoms with Crippen LogP contribution in [0.4, 0.5) is 5.13 Å². The number of amides is 1. The maximum Gasteiger partial charge on any atom is 0.273 e. The fraction of sp³-hybridized carbons (Fsp3) is 0.391. The molecular formula is C23H28ClN3O4S. The minimum absolute atomic E-state index is 0. The Morgan fingerprint density at radius 1 is 1.12 bits per heavy atom. The van der Waals surface area contributed by atoms with Crippen molar-refractivity contribution in [2.75, 3.05) is 39.2 Å². The number of anilines is 1. The summed E-state index contributed by atoms with van der Waals surface area (Å²) in [6, 6.07) is 11.3. The molecule has 2 heterocycles. The summed E-state index contributed by atoms with van der Waals surface area (Å²) in [4.78, 5) is 22.2. The summed E-state index contributed by atoms with van der Waals surface area (Å²) in [7, 11) is 5.59. The van der Waals surface area contributed by atoms with Crippen molar-refractivity contribution in [1.82, 2.24) is 9.88 Å². The lowest BCUT2D eigenvalue weighted by Crippen LogP contribution is -2.52. The Morgan fingerprint density at radius 3 is 2.47 bits per heavy atom. The number of para-hydroxylation sites is 2. The van der Waals surface area contributed by atoms with Crippen molar-refractivity contribution in [2.24, 2.45) is 0 Å². The topological polar surface area (TPSA) is 64.1 Å². The van der Waals surface area contributed by atoms with E-state index in [0.717, 1.165) is 15.8 Å². The normalized spacial score (nSPS) is 17.2. The monoisotopic (exact) mass is 477 g/mol. The molecule has 2 aromatic carbocycles. The summed E-state index contributed by atoms with van der Waals surface area (Å²) in [5.41, 5.74) is 1.86. The Balaban J connectivity index is 0.00000289. The molecule has 9 heteroatoms. The largest absolute Gasteiger partial charge is 0.494 e. The van der Waals surface area contributed by atoms with Crippen LogP contribution in [-0.2, 0) is 4.79 Å². The number of methoxy groups -OCH3 is 1. The molecule has 0 N–H and O–H groups in total. The van der Waals surface area contributed by atoms with Crippen molar-refractivity contribution in [1.29, 1.82) is 0 Å². The standard InChI is InChI=1S/C23H27N3O4S.ClH/c1-14-10-11-18(28-5)19-21(14)31-23(24-19)26(13-12-25(3)4)22(27)20-15(2)29-16-8-6-7-9-17(16)30-20;/h6-11,15,20H,12-13H2,1-5H3;1H. The maximum atomic E-state index is 13.7. The average molecular weight is 478 g/mol. The van der Waals surface area contributed by atoms with E-state index in [4.69, 9.17) is 19.2 Å². The number of halogens is 1. The third kappa shape index (κ3) is 4.62. The number of benzene rings is 2. The number of likely N-dealkylation sites (N-methyl/N-ethyl adjacent to an activating group) is 1. The molecule has 1 amide bonds. The number of aryl methyl sites for hydroxylation is 1.